The van der Waals surface area contributed by atoms with Crippen LogP contribution < -0.4 is 5.32 Å². The molecule has 0 aromatic heterocycles. The molecule has 0 bridgehead atoms. The SMILES string of the molecule is O=C(N[C@@H](Cc1ccc(C#CC2CC2)c(F)c1)C(=O)O)c1ccc(F)c(Cl)c1. The number of rotatable bonds is 5. The number of amides is 1. The Hall–Kier alpha value is -2.91. The van der Waals surface area contributed by atoms with Crippen LogP contribution in [0.25, 0.3) is 0 Å². The predicted octanol–water partition coefficient (Wildman–Crippen LogP) is 3.81. The Kier molecular flexibility index (Phi) is 5.96. The van der Waals surface area contributed by atoms with Crippen LogP contribution >= 0.6 is 11.6 Å². The number of carboxylic acid groups (broad SMARTS) is 1. The van der Waals surface area contributed by atoms with Gasteiger partial charge in [0, 0.05) is 17.9 Å². The first kappa shape index (κ1) is 19.8. The summed E-state index contributed by atoms with van der Waals surface area (Å²) in [5, 5.41) is 11.5. The van der Waals surface area contributed by atoms with Crippen molar-refractivity contribution in [2.45, 2.75) is 25.3 Å². The Morgan fingerprint density at radius 1 is 1.18 bits per heavy atom. The molecule has 2 N–H and O–H groups in total. The second-order valence-corrected chi connectivity index (χ2v) is 6.96. The van der Waals surface area contributed by atoms with Crippen LogP contribution in [0.1, 0.15) is 34.3 Å². The van der Waals surface area contributed by atoms with Crippen molar-refractivity contribution in [3.63, 3.8) is 0 Å². The van der Waals surface area contributed by atoms with Crippen LogP contribution in [0.4, 0.5) is 8.78 Å². The Labute approximate surface area is 165 Å². The molecule has 0 heterocycles. The van der Waals surface area contributed by atoms with E-state index in [0.29, 0.717) is 11.5 Å². The fourth-order valence-corrected chi connectivity index (χ4v) is 2.69. The van der Waals surface area contributed by atoms with Crippen LogP contribution in [0.3, 0.4) is 0 Å². The summed E-state index contributed by atoms with van der Waals surface area (Å²) in [4.78, 5) is 23.8. The topological polar surface area (TPSA) is 66.4 Å². The van der Waals surface area contributed by atoms with Gasteiger partial charge < -0.3 is 10.4 Å². The molecular formula is C21H16ClF2NO3. The molecule has 2 aromatic rings. The molecular weight excluding hydrogens is 388 g/mol. The minimum atomic E-state index is -1.29. The predicted molar refractivity (Wildman–Crippen MR) is 100 cm³/mol. The van der Waals surface area contributed by atoms with Gasteiger partial charge >= 0.3 is 5.97 Å². The average molecular weight is 404 g/mol. The van der Waals surface area contributed by atoms with Crippen LogP contribution in [0.5, 0.6) is 0 Å². The molecule has 4 nitrogen and oxygen atoms in total. The zero-order chi connectivity index (χ0) is 20.3. The molecule has 7 heteroatoms. The van der Waals surface area contributed by atoms with Crippen LogP contribution in [0.15, 0.2) is 36.4 Å². The fourth-order valence-electron chi connectivity index (χ4n) is 2.51. The van der Waals surface area contributed by atoms with Crippen molar-refractivity contribution >= 4 is 23.5 Å². The lowest BCUT2D eigenvalue weighted by Gasteiger charge is -2.15. The molecule has 0 aliphatic heterocycles. The molecule has 0 saturated heterocycles. The highest BCUT2D eigenvalue weighted by atomic mass is 35.5. The van der Waals surface area contributed by atoms with Crippen molar-refractivity contribution in [3.05, 3.63) is 69.7 Å². The van der Waals surface area contributed by atoms with Gasteiger partial charge in [-0.15, -0.1) is 0 Å². The first-order valence-corrected chi connectivity index (χ1v) is 9.00. The van der Waals surface area contributed by atoms with Gasteiger partial charge in [0.15, 0.2) is 0 Å². The number of nitrogens with one attached hydrogen (secondary N) is 1. The number of carboxylic acids is 1. The van der Waals surface area contributed by atoms with Gasteiger partial charge in [-0.25, -0.2) is 13.6 Å². The minimum Gasteiger partial charge on any atom is -0.480 e. The van der Waals surface area contributed by atoms with Crippen LogP contribution in [-0.4, -0.2) is 23.0 Å². The van der Waals surface area contributed by atoms with E-state index >= 15 is 0 Å². The van der Waals surface area contributed by atoms with E-state index in [4.69, 9.17) is 11.6 Å². The van der Waals surface area contributed by atoms with Gasteiger partial charge in [-0.2, -0.15) is 0 Å². The second-order valence-electron chi connectivity index (χ2n) is 6.56. The standard InChI is InChI=1S/C21H16ClF2NO3/c22-16-11-15(7-8-17(16)23)20(26)25-19(21(27)28)10-13-4-6-14(18(24)9-13)5-3-12-1-2-12/h4,6-9,11-12,19H,1-2,10H2,(H,25,26)(H,27,28)/t19-/m0/s1. The smallest absolute Gasteiger partial charge is 0.326 e. The largest absolute Gasteiger partial charge is 0.480 e. The summed E-state index contributed by atoms with van der Waals surface area (Å²) in [6.45, 7) is 0. The summed E-state index contributed by atoms with van der Waals surface area (Å²) in [7, 11) is 0. The third-order valence-electron chi connectivity index (χ3n) is 4.25. The molecule has 1 aliphatic carbocycles. The molecule has 1 amide bonds. The summed E-state index contributed by atoms with van der Waals surface area (Å²) >= 11 is 5.64. The van der Waals surface area contributed by atoms with Crippen LogP contribution in [-0.2, 0) is 11.2 Å². The monoisotopic (exact) mass is 403 g/mol. The minimum absolute atomic E-state index is 0.0227. The third-order valence-corrected chi connectivity index (χ3v) is 4.54. The maximum absolute atomic E-state index is 14.2. The third kappa shape index (κ3) is 5.08. The van der Waals surface area contributed by atoms with E-state index < -0.39 is 29.6 Å². The van der Waals surface area contributed by atoms with E-state index in [0.717, 1.165) is 25.0 Å². The lowest BCUT2D eigenvalue weighted by Crippen LogP contribution is -2.42. The van der Waals surface area contributed by atoms with Gasteiger partial charge in [0.2, 0.25) is 0 Å². The number of benzene rings is 2. The molecule has 1 atom stereocenters. The number of hydrogen-bond donors (Lipinski definition) is 2. The van der Waals surface area contributed by atoms with E-state index in [2.05, 4.69) is 17.2 Å². The summed E-state index contributed by atoms with van der Waals surface area (Å²) < 4.78 is 27.4. The van der Waals surface area contributed by atoms with E-state index in [9.17, 15) is 23.5 Å². The molecule has 28 heavy (non-hydrogen) atoms. The van der Waals surface area contributed by atoms with Crippen LogP contribution in [0, 0.1) is 29.4 Å². The highest BCUT2D eigenvalue weighted by Crippen LogP contribution is 2.27. The number of halogens is 3. The van der Waals surface area contributed by atoms with Crippen molar-refractivity contribution in [3.8, 4) is 11.8 Å². The average Bonchev–Trinajstić information content (AvgIpc) is 3.47. The lowest BCUT2D eigenvalue weighted by atomic mass is 10.0. The summed E-state index contributed by atoms with van der Waals surface area (Å²) in [5.41, 5.74) is 0.682. The van der Waals surface area contributed by atoms with Gasteiger partial charge in [0.25, 0.3) is 5.91 Å². The Morgan fingerprint density at radius 3 is 2.54 bits per heavy atom. The fraction of sp³-hybridized carbons (Fsp3) is 0.238. The van der Waals surface area contributed by atoms with Gasteiger partial charge in [0.1, 0.15) is 17.7 Å². The zero-order valence-electron chi connectivity index (χ0n) is 14.6. The molecule has 1 saturated carbocycles. The van der Waals surface area contributed by atoms with Gasteiger partial charge in [-0.1, -0.05) is 29.5 Å². The first-order valence-electron chi connectivity index (χ1n) is 8.62. The number of carbonyl (C=O) groups is 2. The van der Waals surface area contributed by atoms with Crippen molar-refractivity contribution in [2.75, 3.05) is 0 Å². The molecule has 0 spiro atoms. The number of hydrogen-bond acceptors (Lipinski definition) is 2. The molecule has 1 fully saturated rings. The van der Waals surface area contributed by atoms with Crippen molar-refractivity contribution in [1.82, 2.24) is 5.32 Å². The highest BCUT2D eigenvalue weighted by Gasteiger charge is 2.22. The van der Waals surface area contributed by atoms with E-state index in [-0.39, 0.29) is 22.6 Å². The van der Waals surface area contributed by atoms with Crippen molar-refractivity contribution in [1.29, 1.82) is 0 Å². The number of aliphatic carboxylic acids is 1. The Bertz CT molecular complexity index is 993. The quantitative estimate of drug-likeness (QED) is 0.746. The molecule has 2 aromatic carbocycles. The van der Waals surface area contributed by atoms with E-state index in [1.165, 1.54) is 18.2 Å². The summed E-state index contributed by atoms with van der Waals surface area (Å²) in [6.07, 6.45) is 1.95. The summed E-state index contributed by atoms with van der Waals surface area (Å²) in [6, 6.07) is 6.33. The summed E-state index contributed by atoms with van der Waals surface area (Å²) in [5.74, 6) is 2.87. The van der Waals surface area contributed by atoms with Gasteiger partial charge in [-0.05, 0) is 48.7 Å². The lowest BCUT2D eigenvalue weighted by molar-refractivity contribution is -0.139. The van der Waals surface area contributed by atoms with Crippen LogP contribution in [0.2, 0.25) is 5.02 Å². The molecule has 3 rings (SSSR count). The molecule has 1 aliphatic rings. The van der Waals surface area contributed by atoms with Gasteiger partial charge in [-0.3, -0.25) is 4.79 Å². The molecule has 144 valence electrons. The molecule has 0 radical (unpaired) electrons. The second kappa shape index (κ2) is 8.41. The van der Waals surface area contributed by atoms with E-state index in [1.54, 1.807) is 6.07 Å². The van der Waals surface area contributed by atoms with E-state index in [1.807, 2.05) is 0 Å². The first-order chi connectivity index (χ1) is 13.3. The zero-order valence-corrected chi connectivity index (χ0v) is 15.4. The van der Waals surface area contributed by atoms with Gasteiger partial charge in [0.05, 0.1) is 10.6 Å². The maximum atomic E-state index is 14.2. The van der Waals surface area contributed by atoms with Crippen molar-refractivity contribution in [2.24, 2.45) is 5.92 Å². The normalized spacial score (nSPS) is 14.0. The Balaban J connectivity index is 1.71. The Morgan fingerprint density at radius 2 is 1.93 bits per heavy atom. The number of carbonyl (C=O) groups excluding carboxylic acids is 1. The molecule has 0 unspecified atom stereocenters. The maximum Gasteiger partial charge on any atom is 0.326 e. The van der Waals surface area contributed by atoms with Crippen molar-refractivity contribution < 1.29 is 23.5 Å². The highest BCUT2D eigenvalue weighted by molar-refractivity contribution is 6.31.